The zero-order chi connectivity index (χ0) is 21.1. The Bertz CT molecular complexity index is 665. The molecule has 1 N–H and O–H groups in total. The average Bonchev–Trinajstić information content (AvgIpc) is 2.64. The van der Waals surface area contributed by atoms with E-state index in [0.717, 1.165) is 5.69 Å². The number of halogens is 2. The molecule has 9 heteroatoms. The van der Waals surface area contributed by atoms with Crippen LogP contribution in [0.15, 0.2) is 24.3 Å². The largest absolute Gasteiger partial charge is 0.464 e. The van der Waals surface area contributed by atoms with Crippen molar-refractivity contribution in [3.8, 4) is 0 Å². The van der Waals surface area contributed by atoms with Crippen molar-refractivity contribution in [3.05, 3.63) is 29.8 Å². The van der Waals surface area contributed by atoms with Crippen molar-refractivity contribution in [2.75, 3.05) is 36.4 Å². The number of hydrogen-bond donors (Lipinski definition) is 1. The first-order valence-corrected chi connectivity index (χ1v) is 9.98. The number of anilines is 1. The van der Waals surface area contributed by atoms with Gasteiger partial charge in [-0.3, -0.25) is 9.59 Å². The molecule has 0 aliphatic carbocycles. The van der Waals surface area contributed by atoms with Crippen LogP contribution in [-0.2, 0) is 23.9 Å². The van der Waals surface area contributed by atoms with E-state index in [0.29, 0.717) is 30.4 Å². The number of carbonyl (C=O) groups excluding carboxylic acids is 3. The summed E-state index contributed by atoms with van der Waals surface area (Å²) in [5, 5.41) is 2.52. The van der Waals surface area contributed by atoms with Gasteiger partial charge in [0.05, 0.1) is 6.61 Å². The minimum Gasteiger partial charge on any atom is -0.464 e. The number of nitrogens with zero attached hydrogens (tertiary/aromatic N) is 1. The van der Waals surface area contributed by atoms with Crippen molar-refractivity contribution in [2.24, 2.45) is 0 Å². The van der Waals surface area contributed by atoms with Gasteiger partial charge in [-0.05, 0) is 24.6 Å². The Morgan fingerprint density at radius 3 is 2.29 bits per heavy atom. The van der Waals surface area contributed by atoms with Crippen LogP contribution in [-0.4, -0.2) is 55.3 Å². The molecule has 0 saturated carbocycles. The molecule has 0 bridgehead atoms. The van der Waals surface area contributed by atoms with Gasteiger partial charge in [0, 0.05) is 44.4 Å². The van der Waals surface area contributed by atoms with Crippen LogP contribution in [0.4, 0.5) is 5.69 Å². The van der Waals surface area contributed by atoms with Crippen LogP contribution in [0.2, 0.25) is 0 Å². The highest BCUT2D eigenvalue weighted by Gasteiger charge is 2.34. The maximum absolute atomic E-state index is 12.4. The average molecular weight is 433 g/mol. The van der Waals surface area contributed by atoms with E-state index in [1.165, 1.54) is 13.8 Å². The van der Waals surface area contributed by atoms with E-state index in [9.17, 15) is 14.4 Å². The van der Waals surface area contributed by atoms with Crippen molar-refractivity contribution in [1.82, 2.24) is 5.32 Å². The lowest BCUT2D eigenvalue weighted by atomic mass is 10.0. The number of benzene rings is 1. The fourth-order valence-corrected chi connectivity index (χ4v) is 3.10. The molecule has 0 radical (unpaired) electrons. The Morgan fingerprint density at radius 1 is 1.14 bits per heavy atom. The topological polar surface area (TPSA) is 84.9 Å². The summed E-state index contributed by atoms with van der Waals surface area (Å²) < 4.78 is 10.4. The van der Waals surface area contributed by atoms with Crippen LogP contribution in [0, 0.1) is 0 Å². The predicted octanol–water partition coefficient (Wildman–Crippen LogP) is 2.64. The predicted molar refractivity (Wildman–Crippen MR) is 109 cm³/mol. The van der Waals surface area contributed by atoms with Crippen molar-refractivity contribution < 1.29 is 23.9 Å². The van der Waals surface area contributed by atoms with Gasteiger partial charge in [0.15, 0.2) is 12.1 Å². The Balaban J connectivity index is 3.33. The highest BCUT2D eigenvalue weighted by molar-refractivity contribution is 6.18. The summed E-state index contributed by atoms with van der Waals surface area (Å²) in [6.45, 7) is 5.43. The smallest absolute Gasteiger partial charge is 0.332 e. The van der Waals surface area contributed by atoms with Gasteiger partial charge in [0.2, 0.25) is 5.91 Å². The van der Waals surface area contributed by atoms with Gasteiger partial charge in [-0.25, -0.2) is 4.79 Å². The van der Waals surface area contributed by atoms with Gasteiger partial charge in [0.25, 0.3) is 0 Å². The van der Waals surface area contributed by atoms with E-state index < -0.39 is 30.0 Å². The van der Waals surface area contributed by atoms with E-state index in [1.807, 2.05) is 11.0 Å². The van der Waals surface area contributed by atoms with E-state index >= 15 is 0 Å². The van der Waals surface area contributed by atoms with E-state index in [2.05, 4.69) is 5.32 Å². The molecule has 0 spiro atoms. The molecular weight excluding hydrogens is 407 g/mol. The van der Waals surface area contributed by atoms with Crippen LogP contribution in [0.25, 0.3) is 0 Å². The molecule has 0 aliphatic heterocycles. The van der Waals surface area contributed by atoms with Gasteiger partial charge >= 0.3 is 11.9 Å². The molecule has 156 valence electrons. The Labute approximate surface area is 175 Å². The summed E-state index contributed by atoms with van der Waals surface area (Å²) in [5.74, 6) is -0.907. The number of rotatable bonds is 11. The van der Waals surface area contributed by atoms with Gasteiger partial charge in [-0.2, -0.15) is 0 Å². The molecule has 1 aromatic carbocycles. The van der Waals surface area contributed by atoms with E-state index in [1.54, 1.807) is 25.1 Å². The summed E-state index contributed by atoms with van der Waals surface area (Å²) in [5.41, 5.74) is 1.34. The second-order valence-corrected chi connectivity index (χ2v) is 6.68. The van der Waals surface area contributed by atoms with Crippen LogP contribution in [0.5, 0.6) is 0 Å². The van der Waals surface area contributed by atoms with Crippen LogP contribution in [0.3, 0.4) is 0 Å². The van der Waals surface area contributed by atoms with E-state index in [4.69, 9.17) is 32.7 Å². The Morgan fingerprint density at radius 2 is 1.79 bits per heavy atom. The number of ether oxygens (including phenoxy) is 2. The van der Waals surface area contributed by atoms with Crippen molar-refractivity contribution in [1.29, 1.82) is 0 Å². The fourth-order valence-electron chi connectivity index (χ4n) is 2.69. The second-order valence-electron chi connectivity index (χ2n) is 5.92. The molecule has 0 saturated heterocycles. The van der Waals surface area contributed by atoms with Gasteiger partial charge in [0.1, 0.15) is 0 Å². The zero-order valence-electron chi connectivity index (χ0n) is 16.2. The molecule has 0 unspecified atom stereocenters. The lowest BCUT2D eigenvalue weighted by Gasteiger charge is -2.28. The Kier molecular flexibility index (Phi) is 10.7. The van der Waals surface area contributed by atoms with Crippen molar-refractivity contribution in [3.63, 3.8) is 0 Å². The number of alkyl halides is 2. The molecule has 0 fully saturated rings. The third-order valence-electron chi connectivity index (χ3n) is 3.77. The third kappa shape index (κ3) is 7.56. The lowest BCUT2D eigenvalue weighted by Crippen LogP contribution is -2.46. The molecule has 1 rings (SSSR count). The molecule has 0 aromatic heterocycles. The maximum atomic E-state index is 12.4. The van der Waals surface area contributed by atoms with Crippen LogP contribution < -0.4 is 10.2 Å². The second kappa shape index (κ2) is 12.5. The van der Waals surface area contributed by atoms with Gasteiger partial charge < -0.3 is 19.7 Å². The Hall–Kier alpha value is -1.99. The van der Waals surface area contributed by atoms with Crippen LogP contribution in [0.1, 0.15) is 32.4 Å². The molecule has 1 aromatic rings. The summed E-state index contributed by atoms with van der Waals surface area (Å²) in [7, 11) is 0. The first-order valence-electron chi connectivity index (χ1n) is 8.91. The molecule has 1 amide bonds. The standard InChI is InChI=1S/C19H26Cl2N2O5/c1-4-27-19(26)17(22-13(2)24)18(28-14(3)25)15-6-5-7-16(12-15)23(10-8-20)11-9-21/h5-7,12,17-18H,4,8-11H2,1-3H3,(H,22,24)/t17-,18-/m1/s1. The van der Waals surface area contributed by atoms with Crippen molar-refractivity contribution in [2.45, 2.75) is 32.9 Å². The number of nitrogens with one attached hydrogen (secondary N) is 1. The monoisotopic (exact) mass is 432 g/mol. The molecule has 28 heavy (non-hydrogen) atoms. The van der Waals surface area contributed by atoms with E-state index in [-0.39, 0.29) is 6.61 Å². The van der Waals surface area contributed by atoms with Crippen molar-refractivity contribution >= 4 is 46.7 Å². The molecular formula is C19H26Cl2N2O5. The fraction of sp³-hybridized carbons (Fsp3) is 0.526. The quantitative estimate of drug-likeness (QED) is 0.427. The maximum Gasteiger partial charge on any atom is 0.332 e. The normalized spacial score (nSPS) is 12.6. The molecule has 2 atom stereocenters. The number of hydrogen-bond acceptors (Lipinski definition) is 6. The lowest BCUT2D eigenvalue weighted by molar-refractivity contribution is -0.159. The summed E-state index contributed by atoms with van der Waals surface area (Å²) in [6, 6.07) is 5.95. The first kappa shape index (κ1) is 24.0. The summed E-state index contributed by atoms with van der Waals surface area (Å²) in [4.78, 5) is 37.7. The molecule has 0 aliphatic rings. The number of esters is 2. The van der Waals surface area contributed by atoms with Crippen LogP contribution >= 0.6 is 23.2 Å². The van der Waals surface area contributed by atoms with Gasteiger partial charge in [-0.15, -0.1) is 23.2 Å². The minimum atomic E-state index is -1.17. The number of amides is 1. The first-order chi connectivity index (χ1) is 13.3. The summed E-state index contributed by atoms with van der Waals surface area (Å²) >= 11 is 11.7. The SMILES string of the molecule is CCOC(=O)[C@H](NC(C)=O)[C@H](OC(C)=O)c1cccc(N(CCCl)CCCl)c1. The molecule has 0 heterocycles. The summed E-state index contributed by atoms with van der Waals surface area (Å²) in [6.07, 6.45) is -1.05. The van der Waals surface area contributed by atoms with Gasteiger partial charge in [-0.1, -0.05) is 12.1 Å². The zero-order valence-corrected chi connectivity index (χ0v) is 17.8. The minimum absolute atomic E-state index is 0.126. The third-order valence-corrected chi connectivity index (χ3v) is 4.11. The highest BCUT2D eigenvalue weighted by Crippen LogP contribution is 2.27. The molecule has 7 nitrogen and oxygen atoms in total. The highest BCUT2D eigenvalue weighted by atomic mass is 35.5. The number of carbonyl (C=O) groups is 3.